The molecule has 0 saturated heterocycles. The van der Waals surface area contributed by atoms with Gasteiger partial charge in [-0.1, -0.05) is 30.9 Å². The average molecular weight is 260 g/mol. The molecule has 0 saturated carbocycles. The van der Waals surface area contributed by atoms with Crippen molar-refractivity contribution in [3.05, 3.63) is 52.3 Å². The van der Waals surface area contributed by atoms with Gasteiger partial charge in [0.1, 0.15) is 5.69 Å². The molecule has 0 aliphatic heterocycles. The Morgan fingerprint density at radius 2 is 2.39 bits per heavy atom. The van der Waals surface area contributed by atoms with Gasteiger partial charge in [0.25, 0.3) is 0 Å². The lowest BCUT2D eigenvalue weighted by Crippen LogP contribution is -1.92. The fraction of sp³-hybridized carbons (Fsp3) is 0.0833. The molecule has 2 rings (SSSR count). The molecule has 0 atom stereocenters. The molecule has 2 N–H and O–H groups in total. The summed E-state index contributed by atoms with van der Waals surface area (Å²) in [4.78, 5) is 13.5. The largest absolute Gasteiger partial charge is 0.323 e. The van der Waals surface area contributed by atoms with Crippen molar-refractivity contribution in [1.82, 2.24) is 19.6 Å². The molecule has 2 aromatic heterocycles. The quantitative estimate of drug-likeness (QED) is 0.829. The minimum atomic E-state index is -0.184. The first kappa shape index (κ1) is 12.3. The molecule has 0 amide bonds. The third-order valence-electron chi connectivity index (χ3n) is 2.21. The van der Waals surface area contributed by atoms with Crippen LogP contribution in [0.15, 0.2) is 41.7 Å². The lowest BCUT2D eigenvalue weighted by molar-refractivity contribution is 1.07. The van der Waals surface area contributed by atoms with Crippen LogP contribution in [0.4, 0.5) is 0 Å². The number of hydrogen-bond donors (Lipinski definition) is 2. The van der Waals surface area contributed by atoms with Crippen LogP contribution in [-0.2, 0) is 0 Å². The minimum absolute atomic E-state index is 0.184. The van der Waals surface area contributed by atoms with Crippen molar-refractivity contribution in [3.63, 3.8) is 0 Å². The number of rotatable bonds is 4. The summed E-state index contributed by atoms with van der Waals surface area (Å²) in [6, 6.07) is 1.83. The van der Waals surface area contributed by atoms with E-state index in [0.717, 1.165) is 22.8 Å². The van der Waals surface area contributed by atoms with Crippen LogP contribution in [0.5, 0.6) is 0 Å². The van der Waals surface area contributed by atoms with Crippen molar-refractivity contribution in [3.8, 4) is 11.5 Å². The number of aromatic nitrogens is 4. The van der Waals surface area contributed by atoms with Gasteiger partial charge >= 0.3 is 4.87 Å². The maximum atomic E-state index is 11.0. The molecule has 2 heterocycles. The zero-order chi connectivity index (χ0) is 13.0. The smallest absolute Gasteiger partial charge is 0.294 e. The fourth-order valence-electron chi connectivity index (χ4n) is 1.47. The van der Waals surface area contributed by atoms with E-state index in [1.165, 1.54) is 0 Å². The monoisotopic (exact) mass is 260 g/mol. The summed E-state index contributed by atoms with van der Waals surface area (Å²) in [6.45, 7) is 5.60. The molecule has 0 spiro atoms. The molecule has 0 aliphatic carbocycles. The molecule has 92 valence electrons. The second-order valence-corrected chi connectivity index (χ2v) is 4.20. The third kappa shape index (κ3) is 2.54. The second-order valence-electron chi connectivity index (χ2n) is 3.47. The lowest BCUT2D eigenvalue weighted by Gasteiger charge is -1.93. The molecule has 0 bridgehead atoms. The van der Waals surface area contributed by atoms with Gasteiger partial charge in [-0.2, -0.15) is 9.47 Å². The molecule has 6 heteroatoms. The molecule has 0 aromatic carbocycles. The number of nitrogens with zero attached hydrogens (tertiary/aromatic N) is 2. The summed E-state index contributed by atoms with van der Waals surface area (Å²) >= 11 is 0.884. The summed E-state index contributed by atoms with van der Waals surface area (Å²) in [5.74, 6) is 0.502. The zero-order valence-electron chi connectivity index (χ0n) is 9.80. The molecule has 0 aliphatic rings. The van der Waals surface area contributed by atoms with E-state index in [0.29, 0.717) is 11.5 Å². The number of aromatic amines is 2. The summed E-state index contributed by atoms with van der Waals surface area (Å²) in [6.07, 6.45) is 7.43. The fourth-order valence-corrected chi connectivity index (χ4v) is 1.93. The van der Waals surface area contributed by atoms with Gasteiger partial charge in [-0.05, 0) is 13.0 Å². The SMILES string of the molecule is C=C/C=C(\C=C/C)c1cc(-c2nsc(=O)[nH]2)[nH]n1. The number of allylic oxidation sites excluding steroid dienone is 5. The van der Waals surface area contributed by atoms with E-state index in [4.69, 9.17) is 0 Å². The topological polar surface area (TPSA) is 74.4 Å². The van der Waals surface area contributed by atoms with Gasteiger partial charge in [-0.15, -0.1) is 0 Å². The Hall–Kier alpha value is -2.21. The molecular weight excluding hydrogens is 248 g/mol. The maximum absolute atomic E-state index is 11.0. The second kappa shape index (κ2) is 5.42. The molecule has 18 heavy (non-hydrogen) atoms. The summed E-state index contributed by atoms with van der Waals surface area (Å²) in [5, 5.41) is 7.04. The molecule has 5 nitrogen and oxygen atoms in total. The van der Waals surface area contributed by atoms with Gasteiger partial charge in [-0.25, -0.2) is 0 Å². The minimum Gasteiger partial charge on any atom is -0.294 e. The summed E-state index contributed by atoms with van der Waals surface area (Å²) < 4.78 is 4.00. The Morgan fingerprint density at radius 1 is 1.56 bits per heavy atom. The Kier molecular flexibility index (Phi) is 3.69. The van der Waals surface area contributed by atoms with Crippen LogP contribution < -0.4 is 4.87 Å². The van der Waals surface area contributed by atoms with Crippen LogP contribution in [0.25, 0.3) is 17.1 Å². The van der Waals surface area contributed by atoms with Crippen LogP contribution in [0.3, 0.4) is 0 Å². The highest BCUT2D eigenvalue weighted by Gasteiger charge is 2.08. The molecule has 0 unspecified atom stereocenters. The van der Waals surface area contributed by atoms with Crippen LogP contribution >= 0.6 is 11.5 Å². The zero-order valence-corrected chi connectivity index (χ0v) is 10.6. The van der Waals surface area contributed by atoms with Crippen LogP contribution in [0, 0.1) is 0 Å². The Labute approximate surface area is 108 Å². The first-order chi connectivity index (χ1) is 8.74. The van der Waals surface area contributed by atoms with E-state index < -0.39 is 0 Å². The van der Waals surface area contributed by atoms with Crippen molar-refractivity contribution >= 4 is 17.1 Å². The number of hydrogen-bond acceptors (Lipinski definition) is 4. The van der Waals surface area contributed by atoms with Crippen molar-refractivity contribution < 1.29 is 0 Å². The first-order valence-corrected chi connectivity index (χ1v) is 6.09. The molecule has 0 radical (unpaired) electrons. The number of nitrogens with one attached hydrogen (secondary N) is 2. The van der Waals surface area contributed by atoms with E-state index in [-0.39, 0.29) is 4.87 Å². The van der Waals surface area contributed by atoms with Crippen LogP contribution in [0.2, 0.25) is 0 Å². The van der Waals surface area contributed by atoms with E-state index in [1.807, 2.05) is 31.2 Å². The van der Waals surface area contributed by atoms with Crippen molar-refractivity contribution in [1.29, 1.82) is 0 Å². The van der Waals surface area contributed by atoms with Crippen molar-refractivity contribution in [2.24, 2.45) is 0 Å². The highest BCUT2D eigenvalue weighted by atomic mass is 32.1. The van der Waals surface area contributed by atoms with Gasteiger partial charge in [0.15, 0.2) is 5.82 Å². The van der Waals surface area contributed by atoms with Gasteiger partial charge < -0.3 is 0 Å². The highest BCUT2D eigenvalue weighted by Crippen LogP contribution is 2.19. The summed E-state index contributed by atoms with van der Waals surface area (Å²) in [7, 11) is 0. The first-order valence-electron chi connectivity index (χ1n) is 5.32. The maximum Gasteiger partial charge on any atom is 0.323 e. The lowest BCUT2D eigenvalue weighted by atomic mass is 10.1. The van der Waals surface area contributed by atoms with E-state index in [1.54, 1.807) is 6.08 Å². The van der Waals surface area contributed by atoms with Crippen LogP contribution in [-0.4, -0.2) is 19.6 Å². The predicted molar refractivity (Wildman–Crippen MR) is 73.3 cm³/mol. The Balaban J connectivity index is 2.38. The molecule has 2 aromatic rings. The van der Waals surface area contributed by atoms with Gasteiger partial charge in [0, 0.05) is 17.1 Å². The van der Waals surface area contributed by atoms with Crippen LogP contribution in [0.1, 0.15) is 12.6 Å². The number of H-pyrrole nitrogens is 2. The van der Waals surface area contributed by atoms with Crippen molar-refractivity contribution in [2.75, 3.05) is 0 Å². The van der Waals surface area contributed by atoms with E-state index in [2.05, 4.69) is 26.1 Å². The molecule has 0 fully saturated rings. The van der Waals surface area contributed by atoms with Gasteiger partial charge in [-0.3, -0.25) is 14.9 Å². The summed E-state index contributed by atoms with van der Waals surface area (Å²) in [5.41, 5.74) is 2.40. The Morgan fingerprint density at radius 3 is 3.00 bits per heavy atom. The third-order valence-corrected chi connectivity index (χ3v) is 2.75. The Bertz CT molecular complexity index is 659. The van der Waals surface area contributed by atoms with Gasteiger partial charge in [0.05, 0.1) is 5.69 Å². The predicted octanol–water partition coefficient (Wildman–Crippen LogP) is 2.37. The molecular formula is C12H12N4OS. The van der Waals surface area contributed by atoms with E-state index in [9.17, 15) is 4.79 Å². The van der Waals surface area contributed by atoms with Crippen molar-refractivity contribution in [2.45, 2.75) is 6.92 Å². The highest BCUT2D eigenvalue weighted by molar-refractivity contribution is 7.03. The normalized spacial score (nSPS) is 12.2. The van der Waals surface area contributed by atoms with E-state index >= 15 is 0 Å². The van der Waals surface area contributed by atoms with Gasteiger partial charge in [0.2, 0.25) is 0 Å². The average Bonchev–Trinajstić information content (AvgIpc) is 2.97. The standard InChI is InChI=1S/C12H12N4OS/c1-3-5-8(6-4-2)9-7-10(15-14-9)11-13-12(17)18-16-11/h3-7H,1H2,2H3,(H,14,15)(H,13,16,17)/b6-4-,8-5+.